The topological polar surface area (TPSA) is 63.8 Å². The number of nitrogens with zero attached hydrogens (tertiary/aromatic N) is 2. The van der Waals surface area contributed by atoms with Crippen molar-refractivity contribution in [3.05, 3.63) is 46.6 Å². The Balaban J connectivity index is 1.90. The molecule has 0 radical (unpaired) electrons. The van der Waals surface area contributed by atoms with Crippen LogP contribution in [-0.2, 0) is 6.42 Å². The zero-order valence-electron chi connectivity index (χ0n) is 10.2. The van der Waals surface area contributed by atoms with Crippen LogP contribution in [0.1, 0.15) is 11.3 Å². The van der Waals surface area contributed by atoms with Gasteiger partial charge in [0, 0.05) is 23.3 Å². The molecule has 3 N–H and O–H groups in total. The summed E-state index contributed by atoms with van der Waals surface area (Å²) in [5.41, 5.74) is 7.67. The molecule has 0 atom stereocenters. The third-order valence-electron chi connectivity index (χ3n) is 2.50. The molecule has 0 aliphatic rings. The molecule has 0 bridgehead atoms. The summed E-state index contributed by atoms with van der Waals surface area (Å²) in [7, 11) is 0. The fraction of sp³-hybridized carbons (Fsp3) is 0.231. The Morgan fingerprint density at radius 1 is 1.22 bits per heavy atom. The van der Waals surface area contributed by atoms with Crippen LogP contribution in [0.3, 0.4) is 0 Å². The highest BCUT2D eigenvalue weighted by atomic mass is 35.5. The second-order valence-electron chi connectivity index (χ2n) is 4.06. The Kier molecular flexibility index (Phi) is 3.99. The van der Waals surface area contributed by atoms with E-state index in [2.05, 4.69) is 15.3 Å². The quantitative estimate of drug-likeness (QED) is 0.889. The SMILES string of the molecule is Cc1cc(NCCc2ccc(Cl)cc2)nc(N)n1. The van der Waals surface area contributed by atoms with Crippen molar-refractivity contribution in [1.29, 1.82) is 0 Å². The summed E-state index contributed by atoms with van der Waals surface area (Å²) in [5, 5.41) is 3.98. The highest BCUT2D eigenvalue weighted by Gasteiger charge is 1.99. The first-order valence-electron chi connectivity index (χ1n) is 5.73. The second-order valence-corrected chi connectivity index (χ2v) is 4.49. The molecule has 0 aliphatic carbocycles. The van der Waals surface area contributed by atoms with Crippen LogP contribution in [-0.4, -0.2) is 16.5 Å². The highest BCUT2D eigenvalue weighted by molar-refractivity contribution is 6.30. The number of hydrogen-bond donors (Lipinski definition) is 2. The van der Waals surface area contributed by atoms with Gasteiger partial charge in [0.25, 0.3) is 0 Å². The van der Waals surface area contributed by atoms with Crippen molar-refractivity contribution in [1.82, 2.24) is 9.97 Å². The molecule has 94 valence electrons. The normalized spacial score (nSPS) is 10.3. The van der Waals surface area contributed by atoms with E-state index in [1.807, 2.05) is 37.3 Å². The number of hydrogen-bond acceptors (Lipinski definition) is 4. The minimum Gasteiger partial charge on any atom is -0.370 e. The summed E-state index contributed by atoms with van der Waals surface area (Å²) in [4.78, 5) is 8.14. The lowest BCUT2D eigenvalue weighted by Crippen LogP contribution is -2.08. The monoisotopic (exact) mass is 262 g/mol. The summed E-state index contributed by atoms with van der Waals surface area (Å²) in [6.07, 6.45) is 0.903. The zero-order chi connectivity index (χ0) is 13.0. The van der Waals surface area contributed by atoms with Gasteiger partial charge in [0.2, 0.25) is 5.95 Å². The molecule has 2 rings (SSSR count). The van der Waals surface area contributed by atoms with Crippen LogP contribution in [0, 0.1) is 6.92 Å². The average Bonchev–Trinajstić information content (AvgIpc) is 2.30. The molecule has 0 amide bonds. The molecule has 4 nitrogen and oxygen atoms in total. The number of nitrogens with one attached hydrogen (secondary N) is 1. The first-order valence-corrected chi connectivity index (χ1v) is 6.11. The Bertz CT molecular complexity index is 505. The number of aromatic nitrogens is 2. The van der Waals surface area contributed by atoms with Gasteiger partial charge in [-0.1, -0.05) is 23.7 Å². The molecule has 1 aromatic carbocycles. The fourth-order valence-corrected chi connectivity index (χ4v) is 1.79. The lowest BCUT2D eigenvalue weighted by atomic mass is 10.1. The van der Waals surface area contributed by atoms with E-state index < -0.39 is 0 Å². The summed E-state index contributed by atoms with van der Waals surface area (Å²) in [6.45, 7) is 2.68. The maximum atomic E-state index is 5.83. The Morgan fingerprint density at radius 2 is 1.94 bits per heavy atom. The molecule has 5 heteroatoms. The predicted molar refractivity (Wildman–Crippen MR) is 74.8 cm³/mol. The van der Waals surface area contributed by atoms with Crippen molar-refractivity contribution in [2.75, 3.05) is 17.6 Å². The minimum atomic E-state index is 0.295. The van der Waals surface area contributed by atoms with Gasteiger partial charge in [0.1, 0.15) is 5.82 Å². The maximum Gasteiger partial charge on any atom is 0.222 e. The Hall–Kier alpha value is -1.81. The van der Waals surface area contributed by atoms with Crippen LogP contribution in [0.15, 0.2) is 30.3 Å². The van der Waals surface area contributed by atoms with E-state index in [0.717, 1.165) is 29.5 Å². The molecule has 18 heavy (non-hydrogen) atoms. The molecule has 1 heterocycles. The summed E-state index contributed by atoms with van der Waals surface area (Å²) < 4.78 is 0. The Labute approximate surface area is 111 Å². The van der Waals surface area contributed by atoms with Gasteiger partial charge < -0.3 is 11.1 Å². The molecule has 1 aromatic heterocycles. The van der Waals surface area contributed by atoms with Crippen LogP contribution < -0.4 is 11.1 Å². The molecule has 0 spiro atoms. The van der Waals surface area contributed by atoms with Gasteiger partial charge in [0.15, 0.2) is 0 Å². The van der Waals surface area contributed by atoms with E-state index in [4.69, 9.17) is 17.3 Å². The number of benzene rings is 1. The summed E-state index contributed by atoms with van der Waals surface area (Å²) in [5.74, 6) is 1.05. The lowest BCUT2D eigenvalue weighted by Gasteiger charge is -2.07. The number of halogens is 1. The van der Waals surface area contributed by atoms with Crippen molar-refractivity contribution in [3.63, 3.8) is 0 Å². The van der Waals surface area contributed by atoms with E-state index in [1.165, 1.54) is 5.56 Å². The van der Waals surface area contributed by atoms with Crippen LogP contribution >= 0.6 is 11.6 Å². The first-order chi connectivity index (χ1) is 8.63. The first kappa shape index (κ1) is 12.6. The third kappa shape index (κ3) is 3.60. The number of anilines is 2. The second kappa shape index (κ2) is 5.69. The van der Waals surface area contributed by atoms with Crippen molar-refractivity contribution in [2.45, 2.75) is 13.3 Å². The summed E-state index contributed by atoms with van der Waals surface area (Å²) >= 11 is 5.83. The van der Waals surface area contributed by atoms with Gasteiger partial charge >= 0.3 is 0 Å². The van der Waals surface area contributed by atoms with Crippen LogP contribution in [0.25, 0.3) is 0 Å². The van der Waals surface area contributed by atoms with Gasteiger partial charge in [-0.2, -0.15) is 4.98 Å². The van der Waals surface area contributed by atoms with E-state index in [1.54, 1.807) is 0 Å². The molecule has 0 aliphatic heterocycles. The van der Waals surface area contributed by atoms with Crippen molar-refractivity contribution in [2.24, 2.45) is 0 Å². The maximum absolute atomic E-state index is 5.83. The molecule has 0 unspecified atom stereocenters. The zero-order valence-corrected chi connectivity index (χ0v) is 10.9. The van der Waals surface area contributed by atoms with Gasteiger partial charge in [-0.15, -0.1) is 0 Å². The van der Waals surface area contributed by atoms with Gasteiger partial charge in [-0.3, -0.25) is 0 Å². The number of nitrogen functional groups attached to an aromatic ring is 1. The molecule has 0 fully saturated rings. The molecule has 2 aromatic rings. The van der Waals surface area contributed by atoms with Crippen molar-refractivity contribution >= 4 is 23.4 Å². The van der Waals surface area contributed by atoms with Crippen LogP contribution in [0.2, 0.25) is 5.02 Å². The van der Waals surface area contributed by atoms with Crippen LogP contribution in [0.4, 0.5) is 11.8 Å². The highest BCUT2D eigenvalue weighted by Crippen LogP contribution is 2.11. The minimum absolute atomic E-state index is 0.295. The molecule has 0 saturated heterocycles. The lowest BCUT2D eigenvalue weighted by molar-refractivity contribution is 0.996. The largest absolute Gasteiger partial charge is 0.370 e. The molecular weight excluding hydrogens is 248 g/mol. The fourth-order valence-electron chi connectivity index (χ4n) is 1.67. The van der Waals surface area contributed by atoms with E-state index in [9.17, 15) is 0 Å². The molecular formula is C13H15ClN4. The van der Waals surface area contributed by atoms with E-state index in [-0.39, 0.29) is 0 Å². The third-order valence-corrected chi connectivity index (χ3v) is 2.76. The summed E-state index contributed by atoms with van der Waals surface area (Å²) in [6, 6.07) is 9.69. The van der Waals surface area contributed by atoms with E-state index >= 15 is 0 Å². The van der Waals surface area contributed by atoms with E-state index in [0.29, 0.717) is 5.95 Å². The van der Waals surface area contributed by atoms with Gasteiger partial charge in [-0.25, -0.2) is 4.98 Å². The van der Waals surface area contributed by atoms with Crippen molar-refractivity contribution < 1.29 is 0 Å². The van der Waals surface area contributed by atoms with Gasteiger partial charge in [0.05, 0.1) is 0 Å². The molecule has 0 saturated carbocycles. The number of aryl methyl sites for hydroxylation is 1. The Morgan fingerprint density at radius 3 is 2.61 bits per heavy atom. The van der Waals surface area contributed by atoms with Gasteiger partial charge in [-0.05, 0) is 31.0 Å². The smallest absolute Gasteiger partial charge is 0.222 e. The van der Waals surface area contributed by atoms with Crippen molar-refractivity contribution in [3.8, 4) is 0 Å². The van der Waals surface area contributed by atoms with Crippen LogP contribution in [0.5, 0.6) is 0 Å². The number of nitrogens with two attached hydrogens (primary N) is 1. The number of rotatable bonds is 4. The average molecular weight is 263 g/mol. The standard InChI is InChI=1S/C13H15ClN4/c1-9-8-12(18-13(15)17-9)16-7-6-10-2-4-11(14)5-3-10/h2-5,8H,6-7H2,1H3,(H3,15,16,17,18). The predicted octanol–water partition coefficient (Wildman–Crippen LogP) is 2.68.